The first-order valence-corrected chi connectivity index (χ1v) is 5.00. The van der Waals surface area contributed by atoms with Crippen molar-refractivity contribution < 1.29 is 13.9 Å². The van der Waals surface area contributed by atoms with Gasteiger partial charge in [-0.25, -0.2) is 4.39 Å². The molecular weight excluding hydrogens is 211 g/mol. The first-order chi connectivity index (χ1) is 7.60. The number of hydrogen-bond donors (Lipinski definition) is 1. The molecule has 1 saturated heterocycles. The Morgan fingerprint density at radius 1 is 1.31 bits per heavy atom. The van der Waals surface area contributed by atoms with Crippen LogP contribution in [-0.4, -0.2) is 33.1 Å². The summed E-state index contributed by atoms with van der Waals surface area (Å²) < 4.78 is 24.0. The molecule has 0 spiro atoms. The summed E-state index contributed by atoms with van der Waals surface area (Å²) in [5.41, 5.74) is 6.43. The second kappa shape index (κ2) is 3.92. The summed E-state index contributed by atoms with van der Waals surface area (Å²) >= 11 is 0. The van der Waals surface area contributed by atoms with Crippen LogP contribution >= 0.6 is 0 Å². The predicted molar refractivity (Wildman–Crippen MR) is 59.8 cm³/mol. The Bertz CT molecular complexity index is 386. The summed E-state index contributed by atoms with van der Waals surface area (Å²) in [7, 11) is 3.17. The van der Waals surface area contributed by atoms with E-state index in [1.807, 2.05) is 4.90 Å². The molecule has 2 N–H and O–H groups in total. The summed E-state index contributed by atoms with van der Waals surface area (Å²) in [5.74, 6) is -0.922. The monoisotopic (exact) mass is 226 g/mol. The van der Waals surface area contributed by atoms with Gasteiger partial charge in [0, 0.05) is 19.9 Å². The van der Waals surface area contributed by atoms with E-state index in [4.69, 9.17) is 15.2 Å². The third kappa shape index (κ3) is 1.72. The number of nitrogen functional groups attached to an aromatic ring is 1. The normalized spacial score (nSPS) is 18.3. The largest absolute Gasteiger partial charge is 0.399 e. The summed E-state index contributed by atoms with van der Waals surface area (Å²) in [5, 5.41) is 0. The van der Waals surface area contributed by atoms with Crippen LogP contribution in [-0.2, 0) is 9.47 Å². The van der Waals surface area contributed by atoms with E-state index in [-0.39, 0.29) is 5.82 Å². The molecule has 0 bridgehead atoms. The second-order valence-electron chi connectivity index (χ2n) is 3.89. The minimum absolute atomic E-state index is 0.319. The highest BCUT2D eigenvalue weighted by molar-refractivity contribution is 5.56. The number of rotatable bonds is 3. The first-order valence-electron chi connectivity index (χ1n) is 5.00. The van der Waals surface area contributed by atoms with Crippen molar-refractivity contribution >= 4 is 11.4 Å². The van der Waals surface area contributed by atoms with Gasteiger partial charge in [-0.1, -0.05) is 0 Å². The molecule has 1 aromatic rings. The zero-order valence-corrected chi connectivity index (χ0v) is 9.37. The van der Waals surface area contributed by atoms with Gasteiger partial charge in [0.2, 0.25) is 5.79 Å². The Balaban J connectivity index is 2.12. The summed E-state index contributed by atoms with van der Waals surface area (Å²) in [6, 6.07) is 4.66. The Labute approximate surface area is 93.7 Å². The lowest BCUT2D eigenvalue weighted by Gasteiger charge is -2.48. The van der Waals surface area contributed by atoms with Crippen LogP contribution in [0, 0.1) is 5.82 Å². The minimum Gasteiger partial charge on any atom is -0.399 e. The summed E-state index contributed by atoms with van der Waals surface area (Å²) in [6.45, 7) is 1.03. The van der Waals surface area contributed by atoms with E-state index in [9.17, 15) is 4.39 Å². The molecule has 0 aliphatic carbocycles. The van der Waals surface area contributed by atoms with E-state index in [0.29, 0.717) is 24.5 Å². The van der Waals surface area contributed by atoms with Crippen molar-refractivity contribution in [1.82, 2.24) is 0 Å². The van der Waals surface area contributed by atoms with Crippen LogP contribution in [0.15, 0.2) is 18.2 Å². The highest BCUT2D eigenvalue weighted by Gasteiger charge is 2.44. The minimum atomic E-state index is -0.603. The number of halogens is 1. The maximum Gasteiger partial charge on any atom is 0.203 e. The molecule has 1 fully saturated rings. The van der Waals surface area contributed by atoms with Gasteiger partial charge in [0.15, 0.2) is 0 Å². The predicted octanol–water partition coefficient (Wildman–Crippen LogP) is 1.22. The van der Waals surface area contributed by atoms with Gasteiger partial charge in [-0.3, -0.25) is 0 Å². The van der Waals surface area contributed by atoms with Crippen LogP contribution < -0.4 is 10.6 Å². The number of ether oxygens (including phenoxy) is 2. The van der Waals surface area contributed by atoms with Crippen LogP contribution in [0.25, 0.3) is 0 Å². The molecule has 2 rings (SSSR count). The Hall–Kier alpha value is -1.33. The highest BCUT2D eigenvalue weighted by Crippen LogP contribution is 2.32. The molecule has 0 aromatic heterocycles. The first kappa shape index (κ1) is 11.2. The number of benzene rings is 1. The molecule has 0 amide bonds. The third-order valence-electron chi connectivity index (χ3n) is 2.92. The molecule has 0 unspecified atom stereocenters. The van der Waals surface area contributed by atoms with Gasteiger partial charge in [0.25, 0.3) is 0 Å². The van der Waals surface area contributed by atoms with Crippen molar-refractivity contribution in [2.45, 2.75) is 5.79 Å². The number of nitrogens with zero attached hydrogens (tertiary/aromatic N) is 1. The Morgan fingerprint density at radius 3 is 2.44 bits per heavy atom. The van der Waals surface area contributed by atoms with Gasteiger partial charge in [-0.2, -0.15) is 0 Å². The van der Waals surface area contributed by atoms with E-state index in [0.717, 1.165) is 0 Å². The average Bonchev–Trinajstić information content (AvgIpc) is 2.20. The maximum atomic E-state index is 13.6. The highest BCUT2D eigenvalue weighted by atomic mass is 19.1. The smallest absolute Gasteiger partial charge is 0.203 e. The van der Waals surface area contributed by atoms with Gasteiger partial charge in [0.05, 0.1) is 18.8 Å². The van der Waals surface area contributed by atoms with E-state index in [1.54, 1.807) is 26.4 Å². The van der Waals surface area contributed by atoms with Crippen molar-refractivity contribution in [2.24, 2.45) is 0 Å². The quantitative estimate of drug-likeness (QED) is 0.622. The van der Waals surface area contributed by atoms with E-state index < -0.39 is 5.79 Å². The molecule has 16 heavy (non-hydrogen) atoms. The number of hydrogen-bond acceptors (Lipinski definition) is 4. The molecule has 1 heterocycles. The van der Waals surface area contributed by atoms with Crippen molar-refractivity contribution in [2.75, 3.05) is 37.9 Å². The lowest BCUT2D eigenvalue weighted by molar-refractivity contribution is -0.219. The fraction of sp³-hybridized carbons (Fsp3) is 0.455. The molecule has 0 atom stereocenters. The lowest BCUT2D eigenvalue weighted by Crippen LogP contribution is -2.64. The van der Waals surface area contributed by atoms with Crippen LogP contribution in [0.5, 0.6) is 0 Å². The Kier molecular flexibility index (Phi) is 2.73. The van der Waals surface area contributed by atoms with E-state index >= 15 is 0 Å². The van der Waals surface area contributed by atoms with Crippen LogP contribution in [0.1, 0.15) is 0 Å². The fourth-order valence-electron chi connectivity index (χ4n) is 1.83. The van der Waals surface area contributed by atoms with Crippen molar-refractivity contribution in [3.8, 4) is 0 Å². The lowest BCUT2D eigenvalue weighted by atomic mass is 10.1. The van der Waals surface area contributed by atoms with Gasteiger partial charge in [-0.05, 0) is 18.2 Å². The summed E-state index contributed by atoms with van der Waals surface area (Å²) in [4.78, 5) is 1.85. The molecule has 0 saturated carbocycles. The van der Waals surface area contributed by atoms with Crippen LogP contribution in [0.2, 0.25) is 0 Å². The molecule has 5 heteroatoms. The van der Waals surface area contributed by atoms with Gasteiger partial charge < -0.3 is 20.1 Å². The van der Waals surface area contributed by atoms with Crippen molar-refractivity contribution in [3.63, 3.8) is 0 Å². The van der Waals surface area contributed by atoms with Crippen molar-refractivity contribution in [3.05, 3.63) is 24.0 Å². The van der Waals surface area contributed by atoms with Crippen LogP contribution in [0.4, 0.5) is 15.8 Å². The van der Waals surface area contributed by atoms with Crippen molar-refractivity contribution in [1.29, 1.82) is 0 Å². The van der Waals surface area contributed by atoms with Gasteiger partial charge in [-0.15, -0.1) is 0 Å². The number of methoxy groups -OCH3 is 2. The molecule has 1 aromatic carbocycles. The zero-order chi connectivity index (χ0) is 11.8. The molecular formula is C11H15FN2O2. The molecule has 1 aliphatic heterocycles. The molecule has 0 radical (unpaired) electrons. The summed E-state index contributed by atoms with van der Waals surface area (Å²) in [6.07, 6.45) is 0. The average molecular weight is 226 g/mol. The molecule has 1 aliphatic rings. The van der Waals surface area contributed by atoms with Gasteiger partial charge in [0.1, 0.15) is 5.82 Å². The Morgan fingerprint density at radius 2 is 1.94 bits per heavy atom. The van der Waals surface area contributed by atoms with Gasteiger partial charge >= 0.3 is 0 Å². The molecule has 4 nitrogen and oxygen atoms in total. The fourth-order valence-corrected chi connectivity index (χ4v) is 1.83. The standard InChI is InChI=1S/C11H15FN2O2/c1-15-11(16-2)6-14(7-11)10-4-3-8(13)5-9(10)12/h3-5H,6-7,13H2,1-2H3. The zero-order valence-electron chi connectivity index (χ0n) is 9.37. The second-order valence-corrected chi connectivity index (χ2v) is 3.89. The van der Waals surface area contributed by atoms with E-state index in [2.05, 4.69) is 0 Å². The van der Waals surface area contributed by atoms with E-state index in [1.165, 1.54) is 6.07 Å². The molecule has 88 valence electrons. The maximum absolute atomic E-state index is 13.6. The topological polar surface area (TPSA) is 47.7 Å². The third-order valence-corrected chi connectivity index (χ3v) is 2.92. The number of anilines is 2. The van der Waals surface area contributed by atoms with Crippen LogP contribution in [0.3, 0.4) is 0 Å². The SMILES string of the molecule is COC1(OC)CN(c2ccc(N)cc2F)C1. The number of nitrogens with two attached hydrogens (primary N) is 1.